The minimum Gasteiger partial charge on any atom is -0.496 e. The number of carbonyl (C=O) groups excluding carboxylic acids is 1. The van der Waals surface area contributed by atoms with Crippen LogP contribution in [0.5, 0.6) is 11.5 Å². The molecule has 2 heterocycles. The Bertz CT molecular complexity index is 2040. The molecule has 0 bridgehead atoms. The lowest BCUT2D eigenvalue weighted by Crippen LogP contribution is -2.48. The molecule has 4 aromatic carbocycles. The molecule has 0 fully saturated rings. The number of para-hydroxylation sites is 2. The van der Waals surface area contributed by atoms with Gasteiger partial charge in [-0.2, -0.15) is 0 Å². The van der Waals surface area contributed by atoms with Crippen molar-refractivity contribution in [2.45, 2.75) is 64.6 Å². The number of carboxylic acid groups (broad SMARTS) is 1. The van der Waals surface area contributed by atoms with Gasteiger partial charge in [-0.25, -0.2) is 4.79 Å². The Hall–Kier alpha value is -5.60. The lowest BCUT2D eigenvalue weighted by Gasteiger charge is -2.39. The zero-order chi connectivity index (χ0) is 38.3. The van der Waals surface area contributed by atoms with Gasteiger partial charge in [-0.15, -0.1) is 6.58 Å². The van der Waals surface area contributed by atoms with E-state index in [4.69, 9.17) is 14.2 Å². The van der Waals surface area contributed by atoms with E-state index in [2.05, 4.69) is 63.0 Å². The zero-order valence-electron chi connectivity index (χ0n) is 31.7. The molecule has 53 heavy (non-hydrogen) atoms. The number of fused-ring (bicyclic) bond motifs is 2. The second-order valence-electron chi connectivity index (χ2n) is 14.2. The first-order valence-corrected chi connectivity index (χ1v) is 17.9. The summed E-state index contributed by atoms with van der Waals surface area (Å²) in [5, 5.41) is 13.3. The van der Waals surface area contributed by atoms with Gasteiger partial charge in [-0.05, 0) is 93.3 Å². The van der Waals surface area contributed by atoms with E-state index in [1.807, 2.05) is 60.7 Å². The van der Waals surface area contributed by atoms with Crippen molar-refractivity contribution in [3.63, 3.8) is 0 Å². The summed E-state index contributed by atoms with van der Waals surface area (Å²) in [6.45, 7) is 14.5. The number of hydrogen-bond donors (Lipinski definition) is 2. The van der Waals surface area contributed by atoms with Crippen LogP contribution in [0.2, 0.25) is 0 Å². The van der Waals surface area contributed by atoms with Gasteiger partial charge in [0.1, 0.15) is 17.8 Å². The molecule has 0 spiro atoms. The van der Waals surface area contributed by atoms with E-state index in [0.717, 1.165) is 52.8 Å². The molecule has 4 aromatic rings. The smallest absolute Gasteiger partial charge is 0.412 e. The van der Waals surface area contributed by atoms with Crippen molar-refractivity contribution in [1.29, 1.82) is 0 Å². The summed E-state index contributed by atoms with van der Waals surface area (Å²) in [6.07, 6.45) is 7.62. The highest BCUT2D eigenvalue weighted by Crippen LogP contribution is 2.43. The number of rotatable bonds is 11. The second kappa shape index (κ2) is 16.4. The van der Waals surface area contributed by atoms with Crippen LogP contribution in [0.1, 0.15) is 58.6 Å². The number of nitrogens with one attached hydrogen (secondary N) is 1. The van der Waals surface area contributed by atoms with Crippen LogP contribution >= 0.6 is 0 Å². The van der Waals surface area contributed by atoms with Crippen LogP contribution in [0.4, 0.5) is 16.2 Å². The standard InChI is InChI=1S/C25H31NO2.C20H19NO4/c1-6-10-24(28-15-7-2)21-17-25(3,4)26-22-14-13-18(16-20(21)22)19-11-8-9-12-23(19)27-5;1-20(2)11-14(12-22)16-10-13(8-9-17(16)21(20)19(23)24)15-6-4-5-7-18(15)25-3/h7-9,11-14,16-17,24,26H,2,6,10,15H2,1,3-5H3;4-12H,1-3H3,(H,23,24). The Balaban J connectivity index is 0.000000206. The van der Waals surface area contributed by atoms with Gasteiger partial charge in [-0.3, -0.25) is 9.69 Å². The Morgan fingerprint density at radius 1 is 0.849 bits per heavy atom. The number of benzene rings is 4. The van der Waals surface area contributed by atoms with E-state index in [-0.39, 0.29) is 11.6 Å². The SMILES string of the molecule is C=CCOC(CCC)C1=CC(C)(C)Nc2ccc(-c3ccccc3OC)cc21.COc1ccccc1-c1ccc2c(c1)C(C=O)=CC(C)(C)N2C(=O)O. The van der Waals surface area contributed by atoms with Gasteiger partial charge in [0.25, 0.3) is 0 Å². The van der Waals surface area contributed by atoms with E-state index in [0.29, 0.717) is 29.2 Å². The number of methoxy groups -OCH3 is 2. The lowest BCUT2D eigenvalue weighted by molar-refractivity contribution is -0.103. The number of nitrogens with zero attached hydrogens (tertiary/aromatic N) is 1. The lowest BCUT2D eigenvalue weighted by atomic mass is 9.85. The van der Waals surface area contributed by atoms with Crippen molar-refractivity contribution in [3.05, 3.63) is 121 Å². The molecule has 2 aliphatic heterocycles. The predicted octanol–water partition coefficient (Wildman–Crippen LogP) is 10.5. The number of hydrogen-bond acceptors (Lipinski definition) is 6. The maximum atomic E-state index is 11.8. The van der Waals surface area contributed by atoms with Crippen molar-refractivity contribution >= 4 is 34.9 Å². The van der Waals surface area contributed by atoms with E-state index in [1.165, 1.54) is 16.0 Å². The average molecular weight is 715 g/mol. The monoisotopic (exact) mass is 714 g/mol. The number of anilines is 2. The van der Waals surface area contributed by atoms with Crippen LogP contribution in [0.15, 0.2) is 110 Å². The third-order valence-electron chi connectivity index (χ3n) is 9.40. The molecule has 1 unspecified atom stereocenters. The van der Waals surface area contributed by atoms with Crippen molar-refractivity contribution < 1.29 is 28.9 Å². The molecule has 0 saturated heterocycles. The predicted molar refractivity (Wildman–Crippen MR) is 216 cm³/mol. The topological polar surface area (TPSA) is 97.3 Å². The third-order valence-corrected chi connectivity index (χ3v) is 9.40. The van der Waals surface area contributed by atoms with Crippen molar-refractivity contribution in [3.8, 4) is 33.8 Å². The molecule has 6 rings (SSSR count). The zero-order valence-corrected chi connectivity index (χ0v) is 31.7. The Morgan fingerprint density at radius 2 is 1.43 bits per heavy atom. The molecule has 0 saturated carbocycles. The molecule has 0 aliphatic carbocycles. The van der Waals surface area contributed by atoms with Crippen LogP contribution < -0.4 is 19.7 Å². The Kier molecular flexibility index (Phi) is 11.9. The number of ether oxygens (including phenoxy) is 3. The van der Waals surface area contributed by atoms with Crippen LogP contribution in [-0.4, -0.2) is 55.5 Å². The van der Waals surface area contributed by atoms with Crippen molar-refractivity contribution in [2.24, 2.45) is 0 Å². The van der Waals surface area contributed by atoms with Gasteiger partial charge >= 0.3 is 6.09 Å². The molecular weight excluding hydrogens is 665 g/mol. The molecule has 0 aromatic heterocycles. The first kappa shape index (κ1) is 38.6. The molecule has 0 radical (unpaired) electrons. The maximum Gasteiger partial charge on any atom is 0.412 e. The molecule has 8 nitrogen and oxygen atoms in total. The van der Waals surface area contributed by atoms with Crippen LogP contribution in [0.25, 0.3) is 33.4 Å². The fourth-order valence-electron chi connectivity index (χ4n) is 7.13. The van der Waals surface area contributed by atoms with Gasteiger partial charge < -0.3 is 24.6 Å². The van der Waals surface area contributed by atoms with Crippen molar-refractivity contribution in [2.75, 3.05) is 31.0 Å². The van der Waals surface area contributed by atoms with E-state index in [9.17, 15) is 14.7 Å². The van der Waals surface area contributed by atoms with Crippen molar-refractivity contribution in [1.82, 2.24) is 0 Å². The van der Waals surface area contributed by atoms with Gasteiger partial charge in [0.2, 0.25) is 0 Å². The Labute approximate surface area is 313 Å². The van der Waals surface area contributed by atoms with Gasteiger partial charge in [0.05, 0.1) is 43.7 Å². The minimum atomic E-state index is -1.06. The highest BCUT2D eigenvalue weighted by atomic mass is 16.5. The van der Waals surface area contributed by atoms with Gasteiger partial charge in [0, 0.05) is 33.5 Å². The molecule has 2 N–H and O–H groups in total. The average Bonchev–Trinajstić information content (AvgIpc) is 3.14. The summed E-state index contributed by atoms with van der Waals surface area (Å²) < 4.78 is 17.2. The Morgan fingerprint density at radius 3 is 1.98 bits per heavy atom. The number of carbonyl (C=O) groups is 2. The number of allylic oxidation sites excluding steroid dienone is 1. The first-order valence-electron chi connectivity index (χ1n) is 17.9. The minimum absolute atomic E-state index is 0.0519. The summed E-state index contributed by atoms with van der Waals surface area (Å²) in [5.41, 5.74) is 8.21. The molecular formula is C45H50N2O6. The molecule has 8 heteroatoms. The summed E-state index contributed by atoms with van der Waals surface area (Å²) in [4.78, 5) is 24.6. The summed E-state index contributed by atoms with van der Waals surface area (Å²) >= 11 is 0. The maximum absolute atomic E-state index is 11.8. The second-order valence-corrected chi connectivity index (χ2v) is 14.2. The van der Waals surface area contributed by atoms with Crippen LogP contribution in [0, 0.1) is 0 Å². The molecule has 276 valence electrons. The van der Waals surface area contributed by atoms with E-state index in [1.54, 1.807) is 40.2 Å². The molecule has 2 aliphatic rings. The largest absolute Gasteiger partial charge is 0.496 e. The quantitative estimate of drug-likeness (QED) is 0.118. The molecule has 1 amide bonds. The fourth-order valence-corrected chi connectivity index (χ4v) is 7.13. The summed E-state index contributed by atoms with van der Waals surface area (Å²) in [5.74, 6) is 1.59. The molecule has 1 atom stereocenters. The van der Waals surface area contributed by atoms with Gasteiger partial charge in [0.15, 0.2) is 0 Å². The first-order chi connectivity index (χ1) is 25.4. The van der Waals surface area contributed by atoms with E-state index >= 15 is 0 Å². The van der Waals surface area contributed by atoms with E-state index < -0.39 is 11.6 Å². The summed E-state index contributed by atoms with van der Waals surface area (Å²) in [7, 11) is 3.32. The highest BCUT2D eigenvalue weighted by molar-refractivity contribution is 6.13. The van der Waals surface area contributed by atoms with Crippen LogP contribution in [-0.2, 0) is 9.53 Å². The normalized spacial score (nSPS) is 15.5. The summed E-state index contributed by atoms with van der Waals surface area (Å²) in [6, 6.07) is 27.7. The van der Waals surface area contributed by atoms with Gasteiger partial charge in [-0.1, -0.05) is 74.0 Å². The number of aldehydes is 1. The highest BCUT2D eigenvalue weighted by Gasteiger charge is 2.37. The number of amides is 1. The van der Waals surface area contributed by atoms with Crippen LogP contribution in [0.3, 0.4) is 0 Å². The fraction of sp³-hybridized carbons (Fsp3) is 0.289. The third kappa shape index (κ3) is 8.39.